The molecule has 0 aliphatic rings. The lowest BCUT2D eigenvalue weighted by Gasteiger charge is -2.07. The number of benzene rings is 1. The van der Waals surface area contributed by atoms with Crippen molar-refractivity contribution >= 4 is 11.0 Å². The third-order valence-electron chi connectivity index (χ3n) is 3.00. The van der Waals surface area contributed by atoms with Gasteiger partial charge in [-0.05, 0) is 18.2 Å². The van der Waals surface area contributed by atoms with Crippen LogP contribution < -0.4 is 4.74 Å². The Morgan fingerprint density at radius 3 is 2.78 bits per heavy atom. The number of rotatable bonds is 4. The molecule has 120 valence electrons. The molecule has 9 heteroatoms. The summed E-state index contributed by atoms with van der Waals surface area (Å²) in [6.45, 7) is 0.000318. The first-order valence-corrected chi connectivity index (χ1v) is 6.50. The number of nitrogens with zero attached hydrogens (tertiary/aromatic N) is 3. The smallest absolute Gasteiger partial charge is 0.433 e. The zero-order valence-corrected chi connectivity index (χ0v) is 11.5. The van der Waals surface area contributed by atoms with Gasteiger partial charge in [0.15, 0.2) is 11.3 Å². The molecule has 0 spiro atoms. The Kier molecular flexibility index (Phi) is 3.85. The number of fused-ring (bicyclic) bond motifs is 1. The van der Waals surface area contributed by atoms with Gasteiger partial charge in [-0.3, -0.25) is 0 Å². The van der Waals surface area contributed by atoms with Crippen molar-refractivity contribution in [3.63, 3.8) is 0 Å². The molecular weight excluding hydrogens is 318 g/mol. The summed E-state index contributed by atoms with van der Waals surface area (Å²) < 4.78 is 60.7. The van der Waals surface area contributed by atoms with E-state index in [9.17, 15) is 17.6 Å². The summed E-state index contributed by atoms with van der Waals surface area (Å²) in [7, 11) is 0. The number of ether oxygens (including phenoxy) is 1. The van der Waals surface area contributed by atoms with Crippen molar-refractivity contribution in [2.75, 3.05) is 6.61 Å². The van der Waals surface area contributed by atoms with Crippen LogP contribution in [0, 0.1) is 5.82 Å². The van der Waals surface area contributed by atoms with Crippen LogP contribution in [0.25, 0.3) is 11.0 Å². The van der Waals surface area contributed by atoms with Crippen molar-refractivity contribution in [3.8, 4) is 6.01 Å². The summed E-state index contributed by atoms with van der Waals surface area (Å²) in [4.78, 5) is 6.90. The molecule has 0 amide bonds. The first-order chi connectivity index (χ1) is 10.9. The van der Waals surface area contributed by atoms with Crippen LogP contribution in [0.2, 0.25) is 0 Å². The second-order valence-electron chi connectivity index (χ2n) is 4.59. The van der Waals surface area contributed by atoms with Crippen molar-refractivity contribution in [2.24, 2.45) is 0 Å². The van der Waals surface area contributed by atoms with Crippen LogP contribution in [0.1, 0.15) is 11.4 Å². The maximum atomic E-state index is 13.0. The summed E-state index contributed by atoms with van der Waals surface area (Å²) in [5, 5.41) is 4.39. The Hall–Kier alpha value is -2.71. The molecule has 3 aromatic rings. The Labute approximate surface area is 126 Å². The highest BCUT2D eigenvalue weighted by Crippen LogP contribution is 2.28. The topological polar surface area (TPSA) is 61.0 Å². The average Bonchev–Trinajstić information content (AvgIpc) is 2.89. The molecule has 0 unspecified atom stereocenters. The summed E-state index contributed by atoms with van der Waals surface area (Å²) in [6, 6.07) is 4.35. The van der Waals surface area contributed by atoms with Gasteiger partial charge >= 0.3 is 12.2 Å². The maximum absolute atomic E-state index is 13.0. The number of alkyl halides is 3. The van der Waals surface area contributed by atoms with Gasteiger partial charge in [-0.15, -0.1) is 0 Å². The Bertz CT molecular complexity index is 832. The lowest BCUT2D eigenvalue weighted by Crippen LogP contribution is -2.11. The minimum Gasteiger partial charge on any atom is -0.463 e. The maximum Gasteiger partial charge on any atom is 0.433 e. The molecule has 0 radical (unpaired) electrons. The van der Waals surface area contributed by atoms with Gasteiger partial charge in [0.05, 0.1) is 12.3 Å². The van der Waals surface area contributed by atoms with E-state index in [1.165, 1.54) is 18.2 Å². The van der Waals surface area contributed by atoms with Crippen LogP contribution in [-0.4, -0.2) is 21.7 Å². The SMILES string of the molecule is Fc1ccc2c(CCOc3nccc(C(F)(F)F)n3)noc2c1. The van der Waals surface area contributed by atoms with Gasteiger partial charge < -0.3 is 9.26 Å². The molecule has 23 heavy (non-hydrogen) atoms. The number of aromatic nitrogens is 3. The summed E-state index contributed by atoms with van der Waals surface area (Å²) in [5.74, 6) is -0.450. The number of hydrogen-bond donors (Lipinski definition) is 0. The fourth-order valence-electron chi connectivity index (χ4n) is 1.95. The molecule has 2 aromatic heterocycles. The van der Waals surface area contributed by atoms with Crippen molar-refractivity contribution in [3.05, 3.63) is 47.7 Å². The van der Waals surface area contributed by atoms with Crippen molar-refractivity contribution in [1.82, 2.24) is 15.1 Å². The third-order valence-corrected chi connectivity index (χ3v) is 3.00. The van der Waals surface area contributed by atoms with Crippen molar-refractivity contribution in [1.29, 1.82) is 0 Å². The molecule has 0 bridgehead atoms. The standard InChI is InChI=1S/C14H9F4N3O2/c15-8-1-2-9-10(21-23-11(9)7-8)4-6-22-13-19-5-3-12(20-13)14(16,17)18/h1-3,5,7H,4,6H2. The third kappa shape index (κ3) is 3.38. The average molecular weight is 327 g/mol. The zero-order chi connectivity index (χ0) is 16.4. The van der Waals surface area contributed by atoms with Gasteiger partial charge in [-0.2, -0.15) is 18.2 Å². The van der Waals surface area contributed by atoms with Crippen LogP contribution in [0.3, 0.4) is 0 Å². The lowest BCUT2D eigenvalue weighted by atomic mass is 10.2. The summed E-state index contributed by atoms with van der Waals surface area (Å²) >= 11 is 0. The van der Waals surface area contributed by atoms with Crippen LogP contribution in [0.4, 0.5) is 17.6 Å². The molecule has 0 aliphatic heterocycles. The molecular formula is C14H9F4N3O2. The van der Waals surface area contributed by atoms with E-state index in [0.29, 0.717) is 11.1 Å². The van der Waals surface area contributed by atoms with Gasteiger partial charge in [-0.25, -0.2) is 9.37 Å². The van der Waals surface area contributed by atoms with Crippen LogP contribution in [-0.2, 0) is 12.6 Å². The number of halogens is 4. The van der Waals surface area contributed by atoms with Gasteiger partial charge in [0.2, 0.25) is 0 Å². The second-order valence-corrected chi connectivity index (χ2v) is 4.59. The fraction of sp³-hybridized carbons (Fsp3) is 0.214. The van der Waals surface area contributed by atoms with E-state index in [2.05, 4.69) is 15.1 Å². The molecule has 0 N–H and O–H groups in total. The predicted molar refractivity (Wildman–Crippen MR) is 70.2 cm³/mol. The van der Waals surface area contributed by atoms with E-state index in [1.807, 2.05) is 0 Å². The van der Waals surface area contributed by atoms with Gasteiger partial charge in [0.1, 0.15) is 5.82 Å². The van der Waals surface area contributed by atoms with Crippen LogP contribution in [0.5, 0.6) is 6.01 Å². The molecule has 3 rings (SSSR count). The quantitative estimate of drug-likeness (QED) is 0.687. The Morgan fingerprint density at radius 1 is 1.17 bits per heavy atom. The highest BCUT2D eigenvalue weighted by molar-refractivity contribution is 5.79. The summed E-state index contributed by atoms with van der Waals surface area (Å²) in [6.07, 6.45) is -3.34. The fourth-order valence-corrected chi connectivity index (χ4v) is 1.95. The highest BCUT2D eigenvalue weighted by atomic mass is 19.4. The Balaban J connectivity index is 1.67. The normalized spacial score (nSPS) is 11.8. The monoisotopic (exact) mass is 327 g/mol. The van der Waals surface area contributed by atoms with E-state index in [0.717, 1.165) is 12.3 Å². The molecule has 0 saturated heterocycles. The van der Waals surface area contributed by atoms with Gasteiger partial charge in [-0.1, -0.05) is 5.16 Å². The van der Waals surface area contributed by atoms with E-state index in [-0.39, 0.29) is 24.6 Å². The highest BCUT2D eigenvalue weighted by Gasteiger charge is 2.33. The Morgan fingerprint density at radius 2 is 2.00 bits per heavy atom. The predicted octanol–water partition coefficient (Wildman–Crippen LogP) is 3.40. The molecule has 0 saturated carbocycles. The van der Waals surface area contributed by atoms with Crippen molar-refractivity contribution in [2.45, 2.75) is 12.6 Å². The lowest BCUT2D eigenvalue weighted by molar-refractivity contribution is -0.141. The molecule has 0 aliphatic carbocycles. The molecule has 1 aromatic carbocycles. The molecule has 0 fully saturated rings. The minimum atomic E-state index is -4.56. The minimum absolute atomic E-state index is 0.000318. The molecule has 5 nitrogen and oxygen atoms in total. The van der Waals surface area contributed by atoms with E-state index < -0.39 is 17.7 Å². The van der Waals surface area contributed by atoms with Crippen LogP contribution >= 0.6 is 0 Å². The van der Waals surface area contributed by atoms with E-state index in [4.69, 9.17) is 9.26 Å². The zero-order valence-electron chi connectivity index (χ0n) is 11.5. The van der Waals surface area contributed by atoms with Crippen molar-refractivity contribution < 1.29 is 26.8 Å². The first-order valence-electron chi connectivity index (χ1n) is 6.50. The molecule has 2 heterocycles. The molecule has 0 atom stereocenters. The van der Waals surface area contributed by atoms with E-state index in [1.54, 1.807) is 0 Å². The van der Waals surface area contributed by atoms with E-state index >= 15 is 0 Å². The summed E-state index contributed by atoms with van der Waals surface area (Å²) in [5.41, 5.74) is -0.285. The first kappa shape index (κ1) is 15.2. The van der Waals surface area contributed by atoms with Gasteiger partial charge in [0, 0.05) is 24.1 Å². The van der Waals surface area contributed by atoms with Gasteiger partial charge in [0.25, 0.3) is 0 Å². The second kappa shape index (κ2) is 5.82. The largest absolute Gasteiger partial charge is 0.463 e. The van der Waals surface area contributed by atoms with Crippen LogP contribution in [0.15, 0.2) is 35.0 Å². The number of hydrogen-bond acceptors (Lipinski definition) is 5.